The Morgan fingerprint density at radius 3 is 2.79 bits per heavy atom. The fourth-order valence-electron chi connectivity index (χ4n) is 2.60. The number of rotatable bonds is 0. The lowest BCUT2D eigenvalue weighted by Gasteiger charge is -1.99. The van der Waals surface area contributed by atoms with E-state index >= 15 is 0 Å². The van der Waals surface area contributed by atoms with Crippen molar-refractivity contribution in [1.82, 2.24) is 4.98 Å². The highest BCUT2D eigenvalue weighted by molar-refractivity contribution is 6.13. The maximum atomic E-state index is 12.3. The summed E-state index contributed by atoms with van der Waals surface area (Å²) in [4.78, 5) is 15.2. The van der Waals surface area contributed by atoms with Crippen molar-refractivity contribution >= 4 is 32.8 Å². The highest BCUT2D eigenvalue weighted by Crippen LogP contribution is 2.30. The number of fused-ring (bicyclic) bond motifs is 5. The van der Waals surface area contributed by atoms with E-state index in [-0.39, 0.29) is 5.56 Å². The number of H-pyrrole nitrogens is 1. The first kappa shape index (κ1) is 10.4. The van der Waals surface area contributed by atoms with Gasteiger partial charge in [0.15, 0.2) is 0 Å². The van der Waals surface area contributed by atoms with Gasteiger partial charge in [0.05, 0.1) is 10.9 Å². The molecule has 0 aliphatic rings. The van der Waals surface area contributed by atoms with Crippen LogP contribution in [0.3, 0.4) is 0 Å². The molecule has 19 heavy (non-hydrogen) atoms. The number of aromatic nitrogens is 1. The predicted molar refractivity (Wildman–Crippen MR) is 76.6 cm³/mol. The lowest BCUT2D eigenvalue weighted by molar-refractivity contribution is 0.672. The van der Waals surface area contributed by atoms with Gasteiger partial charge in [-0.05, 0) is 30.7 Å². The van der Waals surface area contributed by atoms with Gasteiger partial charge in [0.2, 0.25) is 0 Å². The minimum Gasteiger partial charge on any atom is -0.455 e. The second-order valence-corrected chi connectivity index (χ2v) is 4.81. The molecule has 0 saturated heterocycles. The summed E-state index contributed by atoms with van der Waals surface area (Å²) in [5, 5.41) is 2.43. The largest absolute Gasteiger partial charge is 0.455 e. The number of pyridine rings is 1. The fraction of sp³-hybridized carbons (Fsp3) is 0.0625. The maximum Gasteiger partial charge on any atom is 0.260 e. The Hall–Kier alpha value is -2.55. The van der Waals surface area contributed by atoms with Gasteiger partial charge >= 0.3 is 0 Å². The van der Waals surface area contributed by atoms with Crippen molar-refractivity contribution in [1.29, 1.82) is 0 Å². The van der Waals surface area contributed by atoms with E-state index in [1.54, 1.807) is 0 Å². The van der Waals surface area contributed by atoms with E-state index in [1.807, 2.05) is 49.4 Å². The second kappa shape index (κ2) is 3.48. The number of furan rings is 1. The summed E-state index contributed by atoms with van der Waals surface area (Å²) in [5.41, 5.74) is 3.24. The standard InChI is InChI=1S/C16H11NO2/c1-9-6-7-10-12(8-9)17-16(18)14-11-4-2-3-5-13(11)19-15(10)14/h2-8H,1H3,(H,17,18). The molecule has 0 bridgehead atoms. The number of nitrogens with one attached hydrogen (secondary N) is 1. The topological polar surface area (TPSA) is 46.0 Å². The smallest absolute Gasteiger partial charge is 0.260 e. The van der Waals surface area contributed by atoms with Gasteiger partial charge in [0, 0.05) is 10.8 Å². The van der Waals surface area contributed by atoms with Crippen molar-refractivity contribution in [2.45, 2.75) is 6.92 Å². The average molecular weight is 249 g/mol. The molecule has 3 nitrogen and oxygen atoms in total. The average Bonchev–Trinajstić information content (AvgIpc) is 2.78. The summed E-state index contributed by atoms with van der Waals surface area (Å²) in [5.74, 6) is 0. The van der Waals surface area contributed by atoms with Gasteiger partial charge in [-0.15, -0.1) is 0 Å². The maximum absolute atomic E-state index is 12.3. The third kappa shape index (κ3) is 1.35. The van der Waals surface area contributed by atoms with Crippen LogP contribution in [-0.4, -0.2) is 4.98 Å². The number of aryl methyl sites for hydroxylation is 1. The van der Waals surface area contributed by atoms with Crippen molar-refractivity contribution in [2.75, 3.05) is 0 Å². The van der Waals surface area contributed by atoms with E-state index in [9.17, 15) is 4.79 Å². The lowest BCUT2D eigenvalue weighted by Crippen LogP contribution is -2.05. The summed E-state index contributed by atoms with van der Waals surface area (Å²) in [6, 6.07) is 13.6. The molecule has 0 aliphatic carbocycles. The number of para-hydroxylation sites is 1. The Kier molecular flexibility index (Phi) is 1.90. The summed E-state index contributed by atoms with van der Waals surface area (Å²) in [6.45, 7) is 2.00. The monoisotopic (exact) mass is 249 g/mol. The molecule has 0 radical (unpaired) electrons. The van der Waals surface area contributed by atoms with E-state index in [0.717, 1.165) is 27.4 Å². The number of hydrogen-bond donors (Lipinski definition) is 1. The Morgan fingerprint density at radius 2 is 1.89 bits per heavy atom. The molecule has 0 unspecified atom stereocenters. The zero-order chi connectivity index (χ0) is 13.0. The van der Waals surface area contributed by atoms with Gasteiger partial charge in [0.25, 0.3) is 5.56 Å². The van der Waals surface area contributed by atoms with Gasteiger partial charge < -0.3 is 9.40 Å². The minimum absolute atomic E-state index is 0.0990. The molecule has 0 saturated carbocycles. The van der Waals surface area contributed by atoms with Crippen LogP contribution >= 0.6 is 0 Å². The quantitative estimate of drug-likeness (QED) is 0.516. The van der Waals surface area contributed by atoms with Crippen LogP contribution in [0.25, 0.3) is 32.8 Å². The van der Waals surface area contributed by atoms with Gasteiger partial charge in [-0.2, -0.15) is 0 Å². The zero-order valence-electron chi connectivity index (χ0n) is 10.4. The Balaban J connectivity index is 2.36. The molecule has 0 fully saturated rings. The molecule has 2 aromatic carbocycles. The van der Waals surface area contributed by atoms with Crippen LogP contribution < -0.4 is 5.56 Å². The highest BCUT2D eigenvalue weighted by atomic mass is 16.3. The molecule has 3 heteroatoms. The van der Waals surface area contributed by atoms with Gasteiger partial charge in [-0.25, -0.2) is 0 Å². The predicted octanol–water partition coefficient (Wildman–Crippen LogP) is 3.74. The van der Waals surface area contributed by atoms with E-state index in [1.165, 1.54) is 0 Å². The molecule has 4 rings (SSSR count). The fourth-order valence-corrected chi connectivity index (χ4v) is 2.60. The van der Waals surface area contributed by atoms with Gasteiger partial charge in [0.1, 0.15) is 11.2 Å². The van der Waals surface area contributed by atoms with Crippen LogP contribution in [0.1, 0.15) is 5.56 Å². The summed E-state index contributed by atoms with van der Waals surface area (Å²) in [7, 11) is 0. The Labute approximate surface area is 108 Å². The van der Waals surface area contributed by atoms with E-state index in [4.69, 9.17) is 4.42 Å². The van der Waals surface area contributed by atoms with Crippen molar-refractivity contribution in [2.24, 2.45) is 0 Å². The van der Waals surface area contributed by atoms with Gasteiger partial charge in [-0.1, -0.05) is 24.3 Å². The molecule has 0 atom stereocenters. The molecule has 0 amide bonds. The van der Waals surface area contributed by atoms with Crippen molar-refractivity contribution in [3.05, 3.63) is 58.4 Å². The number of aromatic amines is 1. The van der Waals surface area contributed by atoms with Crippen molar-refractivity contribution in [3.63, 3.8) is 0 Å². The number of benzene rings is 2. The molecule has 0 aliphatic heterocycles. The molecular formula is C16H11NO2. The highest BCUT2D eigenvalue weighted by Gasteiger charge is 2.13. The number of hydrogen-bond acceptors (Lipinski definition) is 2. The van der Waals surface area contributed by atoms with Crippen LogP contribution in [0.2, 0.25) is 0 Å². The van der Waals surface area contributed by atoms with Crippen LogP contribution in [0.5, 0.6) is 0 Å². The summed E-state index contributed by atoms with van der Waals surface area (Å²) < 4.78 is 5.87. The lowest BCUT2D eigenvalue weighted by atomic mass is 10.1. The van der Waals surface area contributed by atoms with Crippen LogP contribution in [-0.2, 0) is 0 Å². The molecule has 2 aromatic heterocycles. The molecule has 1 N–H and O–H groups in total. The third-order valence-electron chi connectivity index (χ3n) is 3.49. The van der Waals surface area contributed by atoms with Crippen molar-refractivity contribution < 1.29 is 4.42 Å². The van der Waals surface area contributed by atoms with Crippen LogP contribution in [0.4, 0.5) is 0 Å². The molecule has 4 aromatic rings. The zero-order valence-corrected chi connectivity index (χ0v) is 10.4. The third-order valence-corrected chi connectivity index (χ3v) is 3.49. The summed E-state index contributed by atoms with van der Waals surface area (Å²) >= 11 is 0. The first-order valence-corrected chi connectivity index (χ1v) is 6.18. The molecule has 2 heterocycles. The molecule has 0 spiro atoms. The van der Waals surface area contributed by atoms with E-state index in [2.05, 4.69) is 4.98 Å². The van der Waals surface area contributed by atoms with E-state index < -0.39 is 0 Å². The Morgan fingerprint density at radius 1 is 1.05 bits per heavy atom. The second-order valence-electron chi connectivity index (χ2n) is 4.81. The first-order chi connectivity index (χ1) is 9.24. The SMILES string of the molecule is Cc1ccc2c(c1)[nH]c(=O)c1c3ccccc3oc21. The molecule has 92 valence electrons. The minimum atomic E-state index is -0.0990. The van der Waals surface area contributed by atoms with E-state index in [0.29, 0.717) is 11.0 Å². The van der Waals surface area contributed by atoms with Crippen molar-refractivity contribution in [3.8, 4) is 0 Å². The van der Waals surface area contributed by atoms with Crippen LogP contribution in [0.15, 0.2) is 51.7 Å². The molecular weight excluding hydrogens is 238 g/mol. The normalized spacial score (nSPS) is 11.6. The van der Waals surface area contributed by atoms with Crippen LogP contribution in [0, 0.1) is 6.92 Å². The van der Waals surface area contributed by atoms with Gasteiger partial charge in [-0.3, -0.25) is 4.79 Å². The summed E-state index contributed by atoms with van der Waals surface area (Å²) in [6.07, 6.45) is 0. The Bertz CT molecular complexity index is 992. The first-order valence-electron chi connectivity index (χ1n) is 6.18.